The summed E-state index contributed by atoms with van der Waals surface area (Å²) in [6.07, 6.45) is 4.74. The number of hydrogen-bond donors (Lipinski definition) is 2. The summed E-state index contributed by atoms with van der Waals surface area (Å²) in [6.45, 7) is 3.18. The number of nitrogens with one attached hydrogen (secondary N) is 2. The first-order chi connectivity index (χ1) is 16.7. The summed E-state index contributed by atoms with van der Waals surface area (Å²) in [5.74, 6) is 4.16. The third-order valence-electron chi connectivity index (χ3n) is 6.90. The van der Waals surface area contributed by atoms with Gasteiger partial charge in [-0.3, -0.25) is 9.36 Å². The zero-order chi connectivity index (χ0) is 22.6. The van der Waals surface area contributed by atoms with Crippen molar-refractivity contribution in [2.24, 2.45) is 5.92 Å². The van der Waals surface area contributed by atoms with E-state index in [1.54, 1.807) is 6.20 Å². The molecule has 10 heteroatoms. The van der Waals surface area contributed by atoms with Crippen molar-refractivity contribution >= 4 is 11.9 Å². The van der Waals surface area contributed by atoms with E-state index in [0.29, 0.717) is 18.4 Å². The van der Waals surface area contributed by atoms with Crippen LogP contribution in [-0.4, -0.2) is 56.3 Å². The van der Waals surface area contributed by atoms with E-state index < -0.39 is 0 Å². The Labute approximate surface area is 196 Å². The first kappa shape index (κ1) is 19.8. The molecule has 174 valence electrons. The molecule has 1 amide bonds. The molecule has 4 aliphatic rings. The van der Waals surface area contributed by atoms with Crippen LogP contribution in [-0.2, 0) is 17.9 Å². The van der Waals surface area contributed by atoms with Gasteiger partial charge in [0.25, 0.3) is 0 Å². The minimum Gasteiger partial charge on any atom is -0.454 e. The first-order valence-corrected chi connectivity index (χ1v) is 11.8. The average Bonchev–Trinajstić information content (AvgIpc) is 3.21. The van der Waals surface area contributed by atoms with Crippen molar-refractivity contribution in [2.45, 2.75) is 38.4 Å². The van der Waals surface area contributed by atoms with Crippen molar-refractivity contribution in [3.05, 3.63) is 41.9 Å². The molecule has 7 rings (SSSR count). The van der Waals surface area contributed by atoms with Gasteiger partial charge < -0.3 is 25.0 Å². The van der Waals surface area contributed by atoms with Gasteiger partial charge in [-0.1, -0.05) is 0 Å². The molecule has 34 heavy (non-hydrogen) atoms. The summed E-state index contributed by atoms with van der Waals surface area (Å²) in [5, 5.41) is 6.82. The van der Waals surface area contributed by atoms with Gasteiger partial charge in [-0.25, -0.2) is 9.97 Å². The number of carbonyl (C=O) groups excluding carboxylic acids is 1. The Bertz CT molecular complexity index is 1290. The highest BCUT2D eigenvalue weighted by atomic mass is 16.7. The number of likely N-dealkylation sites (tertiary alicyclic amines) is 1. The topological polar surface area (TPSA) is 106 Å². The first-order valence-electron chi connectivity index (χ1n) is 11.8. The van der Waals surface area contributed by atoms with Gasteiger partial charge in [-0.05, 0) is 43.5 Å². The molecule has 5 heterocycles. The van der Waals surface area contributed by atoms with Gasteiger partial charge in [-0.15, -0.1) is 0 Å². The molecule has 1 aliphatic carbocycles. The lowest BCUT2D eigenvalue weighted by Crippen LogP contribution is -2.32. The number of amides is 1. The molecular weight excluding hydrogens is 434 g/mol. The van der Waals surface area contributed by atoms with Crippen LogP contribution in [0.4, 0.5) is 5.95 Å². The van der Waals surface area contributed by atoms with Crippen molar-refractivity contribution in [3.63, 3.8) is 0 Å². The number of ether oxygens (including phenoxy) is 2. The molecule has 2 fully saturated rings. The number of imidazole rings is 1. The van der Waals surface area contributed by atoms with E-state index in [1.807, 2.05) is 29.2 Å². The molecule has 2 aromatic heterocycles. The number of carbonyl (C=O) groups is 1. The fourth-order valence-corrected chi connectivity index (χ4v) is 4.99. The third kappa shape index (κ3) is 3.37. The summed E-state index contributed by atoms with van der Waals surface area (Å²) >= 11 is 0. The highest BCUT2D eigenvalue weighted by Gasteiger charge is 2.36. The summed E-state index contributed by atoms with van der Waals surface area (Å²) < 4.78 is 13.2. The number of hydrogen-bond acceptors (Lipinski definition) is 8. The van der Waals surface area contributed by atoms with Gasteiger partial charge in [-0.2, -0.15) is 4.98 Å². The van der Waals surface area contributed by atoms with E-state index in [2.05, 4.69) is 20.2 Å². The molecule has 2 N–H and O–H groups in total. The predicted molar refractivity (Wildman–Crippen MR) is 123 cm³/mol. The molecule has 10 nitrogen and oxygen atoms in total. The lowest BCUT2D eigenvalue weighted by molar-refractivity contribution is -0.131. The lowest BCUT2D eigenvalue weighted by Gasteiger charge is -2.17. The van der Waals surface area contributed by atoms with Crippen molar-refractivity contribution in [2.75, 3.05) is 25.2 Å². The van der Waals surface area contributed by atoms with Gasteiger partial charge in [0.2, 0.25) is 18.6 Å². The highest BCUT2D eigenvalue weighted by Crippen LogP contribution is 2.37. The van der Waals surface area contributed by atoms with Crippen molar-refractivity contribution < 1.29 is 14.3 Å². The van der Waals surface area contributed by atoms with Crippen LogP contribution in [0.5, 0.6) is 11.5 Å². The Morgan fingerprint density at radius 3 is 2.91 bits per heavy atom. The smallest absolute Gasteiger partial charge is 0.231 e. The molecule has 1 atom stereocenters. The van der Waals surface area contributed by atoms with Crippen LogP contribution in [0, 0.1) is 5.92 Å². The van der Waals surface area contributed by atoms with Crippen LogP contribution < -0.4 is 20.1 Å². The van der Waals surface area contributed by atoms with Crippen LogP contribution >= 0.6 is 0 Å². The van der Waals surface area contributed by atoms with E-state index in [-0.39, 0.29) is 18.8 Å². The van der Waals surface area contributed by atoms with Crippen molar-refractivity contribution in [3.8, 4) is 28.7 Å². The van der Waals surface area contributed by atoms with Crippen LogP contribution in [0.2, 0.25) is 0 Å². The van der Waals surface area contributed by atoms with E-state index in [0.717, 1.165) is 79.0 Å². The van der Waals surface area contributed by atoms with Crippen LogP contribution in [0.15, 0.2) is 30.5 Å². The molecule has 1 aromatic carbocycles. The Kier molecular flexibility index (Phi) is 4.48. The van der Waals surface area contributed by atoms with Crippen LogP contribution in [0.25, 0.3) is 17.2 Å². The van der Waals surface area contributed by atoms with Gasteiger partial charge in [0.1, 0.15) is 11.6 Å². The van der Waals surface area contributed by atoms with Gasteiger partial charge in [0.15, 0.2) is 11.5 Å². The zero-order valence-corrected chi connectivity index (χ0v) is 18.7. The minimum atomic E-state index is 0.154. The number of anilines is 1. The molecule has 3 aliphatic heterocycles. The van der Waals surface area contributed by atoms with E-state index in [4.69, 9.17) is 19.4 Å². The maximum Gasteiger partial charge on any atom is 0.231 e. The van der Waals surface area contributed by atoms with E-state index in [9.17, 15) is 4.79 Å². The normalized spacial score (nSPS) is 20.6. The Morgan fingerprint density at radius 2 is 2.00 bits per heavy atom. The summed E-state index contributed by atoms with van der Waals surface area (Å²) in [7, 11) is 0. The van der Waals surface area contributed by atoms with Crippen LogP contribution in [0.1, 0.15) is 30.7 Å². The fraction of sp³-hybridized carbons (Fsp3) is 0.417. The second kappa shape index (κ2) is 7.69. The highest BCUT2D eigenvalue weighted by molar-refractivity contribution is 5.81. The maximum absolute atomic E-state index is 12.4. The minimum absolute atomic E-state index is 0.154. The molecule has 0 spiro atoms. The second-order valence-electron chi connectivity index (χ2n) is 9.26. The molecular formula is C24H25N7O3. The Morgan fingerprint density at radius 1 is 1.09 bits per heavy atom. The van der Waals surface area contributed by atoms with E-state index in [1.165, 1.54) is 0 Å². The number of nitrogens with zero attached hydrogens (tertiary/aromatic N) is 5. The van der Waals surface area contributed by atoms with Crippen molar-refractivity contribution in [1.82, 2.24) is 29.7 Å². The fourth-order valence-electron chi connectivity index (χ4n) is 4.99. The average molecular weight is 460 g/mol. The molecule has 1 saturated heterocycles. The van der Waals surface area contributed by atoms with E-state index >= 15 is 0 Å². The molecule has 1 saturated carbocycles. The van der Waals surface area contributed by atoms with Crippen molar-refractivity contribution in [1.29, 1.82) is 0 Å². The molecule has 0 bridgehead atoms. The maximum atomic E-state index is 12.4. The number of aromatic nitrogens is 4. The monoisotopic (exact) mass is 459 g/mol. The summed E-state index contributed by atoms with van der Waals surface area (Å²) in [4.78, 5) is 28.6. The number of fused-ring (bicyclic) bond motifs is 2. The van der Waals surface area contributed by atoms with Crippen LogP contribution in [0.3, 0.4) is 0 Å². The predicted octanol–water partition coefficient (Wildman–Crippen LogP) is 2.08. The Balaban J connectivity index is 1.19. The summed E-state index contributed by atoms with van der Waals surface area (Å²) in [6, 6.07) is 7.94. The number of benzene rings is 1. The van der Waals surface area contributed by atoms with Gasteiger partial charge in [0, 0.05) is 49.9 Å². The largest absolute Gasteiger partial charge is 0.454 e. The quantitative estimate of drug-likeness (QED) is 0.598. The molecule has 3 aromatic rings. The third-order valence-corrected chi connectivity index (χ3v) is 6.90. The molecule has 0 unspecified atom stereocenters. The lowest BCUT2D eigenvalue weighted by atomic mass is 10.2. The summed E-state index contributed by atoms with van der Waals surface area (Å²) in [5.41, 5.74) is 3.06. The van der Waals surface area contributed by atoms with Gasteiger partial charge in [0.05, 0.1) is 11.4 Å². The molecule has 0 radical (unpaired) electrons. The van der Waals surface area contributed by atoms with Gasteiger partial charge >= 0.3 is 0 Å². The zero-order valence-electron chi connectivity index (χ0n) is 18.7. The SMILES string of the molecule is O=C(C1CC1)N1CC[C@@H](Nc2nccc(-n3c(-c4ccc5c(c4)OCO5)nc4c3CNC4)n2)C1. The standard InChI is InChI=1S/C24H25N7O3/c32-23(14-1-2-14)30-8-6-16(12-30)27-24-26-7-5-21(29-24)31-18-11-25-10-17(18)28-22(31)15-3-4-19-20(9-15)34-13-33-19/h3-5,7,9,14,16,25H,1-2,6,8,10-13H2,(H,26,27,29)/t16-/m1/s1. The second-order valence-corrected chi connectivity index (χ2v) is 9.26. The Hall–Kier alpha value is -3.66. The number of rotatable bonds is 5.